The van der Waals surface area contributed by atoms with Crippen LogP contribution in [0, 0.1) is 6.92 Å². The van der Waals surface area contributed by atoms with E-state index >= 15 is 0 Å². The number of hydrogen-bond acceptors (Lipinski definition) is 3. The molecule has 0 atom stereocenters. The molecule has 0 saturated heterocycles. The Bertz CT molecular complexity index is 505. The predicted molar refractivity (Wildman–Crippen MR) is 53.1 cm³/mol. The molecule has 0 spiro atoms. The molecule has 0 fully saturated rings. The van der Waals surface area contributed by atoms with E-state index in [1.807, 2.05) is 19.1 Å². The van der Waals surface area contributed by atoms with E-state index in [-0.39, 0.29) is 5.69 Å². The van der Waals surface area contributed by atoms with E-state index in [2.05, 4.69) is 10.1 Å². The van der Waals surface area contributed by atoms with Gasteiger partial charge in [0.2, 0.25) is 0 Å². The molecule has 2 heterocycles. The van der Waals surface area contributed by atoms with Crippen LogP contribution in [0.15, 0.2) is 30.5 Å². The number of pyridine rings is 1. The summed E-state index contributed by atoms with van der Waals surface area (Å²) in [5.74, 6) is -0.427. The topological polar surface area (TPSA) is 68.0 Å². The monoisotopic (exact) mass is 203 g/mol. The number of hydrogen-bond donors (Lipinski definition) is 1. The van der Waals surface area contributed by atoms with Gasteiger partial charge in [0.25, 0.3) is 0 Å². The molecule has 76 valence electrons. The number of aromatic carboxylic acids is 1. The third-order valence-corrected chi connectivity index (χ3v) is 1.92. The van der Waals surface area contributed by atoms with E-state index in [1.54, 1.807) is 12.3 Å². The van der Waals surface area contributed by atoms with Gasteiger partial charge in [-0.25, -0.2) is 14.5 Å². The third kappa shape index (κ3) is 1.85. The van der Waals surface area contributed by atoms with Gasteiger partial charge < -0.3 is 5.11 Å². The first-order valence-electron chi connectivity index (χ1n) is 4.40. The second-order valence-electron chi connectivity index (χ2n) is 3.09. The normalized spacial score (nSPS) is 10.2. The van der Waals surface area contributed by atoms with E-state index in [4.69, 9.17) is 5.11 Å². The summed E-state index contributed by atoms with van der Waals surface area (Å²) < 4.78 is 1.44. The van der Waals surface area contributed by atoms with Crippen molar-refractivity contribution in [1.82, 2.24) is 14.8 Å². The highest BCUT2D eigenvalue weighted by molar-refractivity contribution is 5.85. The number of nitrogens with zero attached hydrogens (tertiary/aromatic N) is 3. The number of carboxylic acid groups (broad SMARTS) is 1. The van der Waals surface area contributed by atoms with E-state index in [9.17, 15) is 4.79 Å². The molecule has 2 aromatic heterocycles. The Morgan fingerprint density at radius 3 is 2.80 bits per heavy atom. The first kappa shape index (κ1) is 9.39. The molecule has 0 radical (unpaired) electrons. The van der Waals surface area contributed by atoms with Crippen molar-refractivity contribution in [2.75, 3.05) is 0 Å². The molecule has 5 nitrogen and oxygen atoms in total. The van der Waals surface area contributed by atoms with E-state index in [1.165, 1.54) is 10.7 Å². The Kier molecular flexibility index (Phi) is 2.21. The fraction of sp³-hybridized carbons (Fsp3) is 0.100. The average Bonchev–Trinajstić information content (AvgIpc) is 2.66. The number of aryl methyl sites for hydroxylation is 1. The van der Waals surface area contributed by atoms with Gasteiger partial charge in [0, 0.05) is 11.9 Å². The lowest BCUT2D eigenvalue weighted by Crippen LogP contribution is -2.02. The summed E-state index contributed by atoms with van der Waals surface area (Å²) in [6.07, 6.45) is 1.57. The molecule has 0 aliphatic rings. The molecule has 0 saturated carbocycles. The molecule has 0 bridgehead atoms. The van der Waals surface area contributed by atoms with Gasteiger partial charge in [-0.3, -0.25) is 0 Å². The zero-order valence-corrected chi connectivity index (χ0v) is 8.08. The summed E-state index contributed by atoms with van der Waals surface area (Å²) in [7, 11) is 0. The molecule has 5 heteroatoms. The maximum absolute atomic E-state index is 10.6. The number of carbonyl (C=O) groups is 1. The minimum atomic E-state index is -1.04. The first-order chi connectivity index (χ1) is 7.16. The van der Waals surface area contributed by atoms with Crippen LogP contribution in [-0.4, -0.2) is 25.8 Å². The minimum absolute atomic E-state index is 0.0123. The largest absolute Gasteiger partial charge is 0.476 e. The van der Waals surface area contributed by atoms with Gasteiger partial charge in [0.1, 0.15) is 0 Å². The van der Waals surface area contributed by atoms with Crippen LogP contribution in [0.1, 0.15) is 16.2 Å². The summed E-state index contributed by atoms with van der Waals surface area (Å²) in [5.41, 5.74) is 0.873. The van der Waals surface area contributed by atoms with Crippen molar-refractivity contribution in [3.8, 4) is 5.82 Å². The number of rotatable bonds is 2. The SMILES string of the molecule is Cc1cccc(-n2ccc(C(=O)O)n2)n1. The van der Waals surface area contributed by atoms with Crippen LogP contribution < -0.4 is 0 Å². The van der Waals surface area contributed by atoms with Gasteiger partial charge in [0.05, 0.1) is 0 Å². The Morgan fingerprint density at radius 1 is 1.40 bits per heavy atom. The quantitative estimate of drug-likeness (QED) is 0.798. The molecule has 15 heavy (non-hydrogen) atoms. The highest BCUT2D eigenvalue weighted by Gasteiger charge is 2.07. The molecule has 0 unspecified atom stereocenters. The second kappa shape index (κ2) is 3.53. The molecule has 0 amide bonds. The zero-order chi connectivity index (χ0) is 10.8. The fourth-order valence-corrected chi connectivity index (χ4v) is 1.22. The maximum atomic E-state index is 10.6. The van der Waals surface area contributed by atoms with Crippen molar-refractivity contribution in [1.29, 1.82) is 0 Å². The summed E-state index contributed by atoms with van der Waals surface area (Å²) in [6.45, 7) is 1.87. The van der Waals surface area contributed by atoms with Crippen molar-refractivity contribution in [2.24, 2.45) is 0 Å². The smallest absolute Gasteiger partial charge is 0.356 e. The van der Waals surface area contributed by atoms with Gasteiger partial charge in [-0.2, -0.15) is 5.10 Å². The highest BCUT2D eigenvalue weighted by Crippen LogP contribution is 2.05. The summed E-state index contributed by atoms with van der Waals surface area (Å²) in [6, 6.07) is 6.92. The molecule has 2 rings (SSSR count). The van der Waals surface area contributed by atoms with Crippen molar-refractivity contribution in [3.05, 3.63) is 41.9 Å². The summed E-state index contributed by atoms with van der Waals surface area (Å²) in [4.78, 5) is 14.8. The first-order valence-corrected chi connectivity index (χ1v) is 4.40. The van der Waals surface area contributed by atoms with E-state index < -0.39 is 5.97 Å². The minimum Gasteiger partial charge on any atom is -0.476 e. The number of carboxylic acids is 1. The lowest BCUT2D eigenvalue weighted by atomic mass is 10.4. The highest BCUT2D eigenvalue weighted by atomic mass is 16.4. The molecule has 0 aromatic carbocycles. The van der Waals surface area contributed by atoms with E-state index in [0.29, 0.717) is 5.82 Å². The van der Waals surface area contributed by atoms with Gasteiger partial charge in [-0.05, 0) is 25.1 Å². The maximum Gasteiger partial charge on any atom is 0.356 e. The average molecular weight is 203 g/mol. The second-order valence-corrected chi connectivity index (χ2v) is 3.09. The Hall–Kier alpha value is -2.17. The molecule has 0 aliphatic carbocycles. The van der Waals surface area contributed by atoms with Crippen molar-refractivity contribution in [2.45, 2.75) is 6.92 Å². The fourth-order valence-electron chi connectivity index (χ4n) is 1.22. The summed E-state index contributed by atoms with van der Waals surface area (Å²) >= 11 is 0. The molecule has 1 N–H and O–H groups in total. The van der Waals surface area contributed by atoms with Gasteiger partial charge >= 0.3 is 5.97 Å². The third-order valence-electron chi connectivity index (χ3n) is 1.92. The lowest BCUT2D eigenvalue weighted by molar-refractivity contribution is 0.0690. The van der Waals surface area contributed by atoms with Crippen LogP contribution in [0.3, 0.4) is 0 Å². The van der Waals surface area contributed by atoms with Crippen LogP contribution >= 0.6 is 0 Å². The number of aromatic nitrogens is 3. The lowest BCUT2D eigenvalue weighted by Gasteiger charge is -2.00. The molecule has 0 aliphatic heterocycles. The van der Waals surface area contributed by atoms with Crippen molar-refractivity contribution >= 4 is 5.97 Å². The van der Waals surface area contributed by atoms with Crippen LogP contribution in [0.25, 0.3) is 5.82 Å². The van der Waals surface area contributed by atoms with E-state index in [0.717, 1.165) is 5.69 Å². The van der Waals surface area contributed by atoms with Gasteiger partial charge in [-0.15, -0.1) is 0 Å². The van der Waals surface area contributed by atoms with Crippen LogP contribution in [0.4, 0.5) is 0 Å². The standard InChI is InChI=1S/C10H9N3O2/c1-7-3-2-4-9(11-7)13-6-5-8(12-13)10(14)15/h2-6H,1H3,(H,14,15). The van der Waals surface area contributed by atoms with Gasteiger partial charge in [0.15, 0.2) is 11.5 Å². The molecular weight excluding hydrogens is 194 g/mol. The Balaban J connectivity index is 2.41. The predicted octanol–water partition coefficient (Wildman–Crippen LogP) is 1.27. The van der Waals surface area contributed by atoms with Crippen molar-refractivity contribution < 1.29 is 9.90 Å². The molecule has 2 aromatic rings. The Labute approximate surface area is 86.0 Å². The Morgan fingerprint density at radius 2 is 2.20 bits per heavy atom. The van der Waals surface area contributed by atoms with Crippen LogP contribution in [0.5, 0.6) is 0 Å². The van der Waals surface area contributed by atoms with Crippen LogP contribution in [-0.2, 0) is 0 Å². The van der Waals surface area contributed by atoms with Gasteiger partial charge in [-0.1, -0.05) is 6.07 Å². The zero-order valence-electron chi connectivity index (χ0n) is 8.08. The van der Waals surface area contributed by atoms with Crippen molar-refractivity contribution in [3.63, 3.8) is 0 Å². The summed E-state index contributed by atoms with van der Waals surface area (Å²) in [5, 5.41) is 12.6. The van der Waals surface area contributed by atoms with Crippen LogP contribution in [0.2, 0.25) is 0 Å². The molecular formula is C10H9N3O2.